The first-order chi connectivity index (χ1) is 11.0. The Morgan fingerprint density at radius 2 is 1.87 bits per heavy atom. The summed E-state index contributed by atoms with van der Waals surface area (Å²) in [4.78, 5) is 14.6. The van der Waals surface area contributed by atoms with Gasteiger partial charge in [0.05, 0.1) is 6.10 Å². The van der Waals surface area contributed by atoms with Gasteiger partial charge in [0.1, 0.15) is 11.9 Å². The van der Waals surface area contributed by atoms with Gasteiger partial charge in [0.15, 0.2) is 0 Å². The summed E-state index contributed by atoms with van der Waals surface area (Å²) in [5.74, 6) is 0.650. The van der Waals surface area contributed by atoms with Crippen LogP contribution in [0.4, 0.5) is 0 Å². The Morgan fingerprint density at radius 1 is 1.17 bits per heavy atom. The zero-order valence-corrected chi connectivity index (χ0v) is 14.8. The molecule has 1 unspecified atom stereocenters. The van der Waals surface area contributed by atoms with Crippen molar-refractivity contribution in [3.8, 4) is 5.75 Å². The number of aryl methyl sites for hydroxylation is 1. The fourth-order valence-corrected chi connectivity index (χ4v) is 3.13. The number of amides is 1. The Labute approximate surface area is 141 Å². The van der Waals surface area contributed by atoms with E-state index in [1.165, 1.54) is 4.88 Å². The van der Waals surface area contributed by atoms with Gasteiger partial charge in [0.2, 0.25) is 0 Å². The molecule has 1 N–H and O–H groups in total. The minimum atomic E-state index is -0.124. The Kier molecular flexibility index (Phi) is 6.19. The topological polar surface area (TPSA) is 47.6 Å². The van der Waals surface area contributed by atoms with E-state index in [1.807, 2.05) is 32.0 Å². The molecule has 1 aromatic carbocycles. The van der Waals surface area contributed by atoms with Crippen molar-refractivity contribution in [2.24, 2.45) is 0 Å². The summed E-state index contributed by atoms with van der Waals surface area (Å²) < 4.78 is 11.0. The SMILES string of the molecule is COC(CNC(=O)c1ccc(OC(C)C)cc1)c1ccc(C)s1. The van der Waals surface area contributed by atoms with Gasteiger partial charge in [-0.15, -0.1) is 11.3 Å². The fourth-order valence-electron chi connectivity index (χ4n) is 2.17. The number of benzene rings is 1. The second kappa shape index (κ2) is 8.13. The molecule has 0 bridgehead atoms. The van der Waals surface area contributed by atoms with Crippen LogP contribution in [0, 0.1) is 6.92 Å². The summed E-state index contributed by atoms with van der Waals surface area (Å²) in [5.41, 5.74) is 0.610. The molecule has 0 aliphatic rings. The predicted octanol–water partition coefficient (Wildman–Crippen LogP) is 3.96. The number of ether oxygens (including phenoxy) is 2. The van der Waals surface area contributed by atoms with Crippen LogP contribution in [-0.4, -0.2) is 25.7 Å². The first-order valence-electron chi connectivity index (χ1n) is 7.63. The van der Waals surface area contributed by atoms with Gasteiger partial charge in [0, 0.05) is 29.0 Å². The molecular weight excluding hydrogens is 310 g/mol. The highest BCUT2D eigenvalue weighted by molar-refractivity contribution is 7.12. The fraction of sp³-hybridized carbons (Fsp3) is 0.389. The largest absolute Gasteiger partial charge is 0.491 e. The molecule has 2 rings (SSSR count). The monoisotopic (exact) mass is 333 g/mol. The molecule has 0 radical (unpaired) electrons. The van der Waals surface area contributed by atoms with Crippen LogP contribution < -0.4 is 10.1 Å². The van der Waals surface area contributed by atoms with Crippen molar-refractivity contribution < 1.29 is 14.3 Å². The maximum absolute atomic E-state index is 12.2. The van der Waals surface area contributed by atoms with E-state index in [-0.39, 0.29) is 18.1 Å². The molecule has 0 aliphatic carbocycles. The van der Waals surface area contributed by atoms with Crippen molar-refractivity contribution >= 4 is 17.2 Å². The lowest BCUT2D eigenvalue weighted by Gasteiger charge is -2.15. The van der Waals surface area contributed by atoms with Gasteiger partial charge in [-0.3, -0.25) is 4.79 Å². The van der Waals surface area contributed by atoms with Crippen LogP contribution in [0.2, 0.25) is 0 Å². The predicted molar refractivity (Wildman–Crippen MR) is 93.3 cm³/mol. The summed E-state index contributed by atoms with van der Waals surface area (Å²) >= 11 is 1.68. The lowest BCUT2D eigenvalue weighted by molar-refractivity contribution is 0.0837. The van der Waals surface area contributed by atoms with Gasteiger partial charge in [-0.1, -0.05) is 0 Å². The van der Waals surface area contributed by atoms with E-state index in [9.17, 15) is 4.79 Å². The van der Waals surface area contributed by atoms with E-state index in [0.717, 1.165) is 10.6 Å². The molecule has 23 heavy (non-hydrogen) atoms. The molecule has 1 atom stereocenters. The van der Waals surface area contributed by atoms with E-state index >= 15 is 0 Å². The number of rotatable bonds is 7. The van der Waals surface area contributed by atoms with Crippen LogP contribution >= 0.6 is 11.3 Å². The smallest absolute Gasteiger partial charge is 0.251 e. The van der Waals surface area contributed by atoms with Crippen molar-refractivity contribution in [1.29, 1.82) is 0 Å². The van der Waals surface area contributed by atoms with Crippen molar-refractivity contribution in [2.75, 3.05) is 13.7 Å². The van der Waals surface area contributed by atoms with Crippen molar-refractivity contribution in [1.82, 2.24) is 5.32 Å². The number of carbonyl (C=O) groups is 1. The van der Waals surface area contributed by atoms with E-state index in [2.05, 4.69) is 18.3 Å². The van der Waals surface area contributed by atoms with Crippen LogP contribution in [0.15, 0.2) is 36.4 Å². The molecule has 4 nitrogen and oxygen atoms in total. The maximum Gasteiger partial charge on any atom is 0.251 e. The van der Waals surface area contributed by atoms with Crippen LogP contribution in [0.1, 0.15) is 40.1 Å². The number of hydrogen-bond acceptors (Lipinski definition) is 4. The number of carbonyl (C=O) groups excluding carboxylic acids is 1. The van der Waals surface area contributed by atoms with E-state index in [1.54, 1.807) is 30.6 Å². The Morgan fingerprint density at radius 3 is 2.39 bits per heavy atom. The van der Waals surface area contributed by atoms with Crippen molar-refractivity contribution in [3.05, 3.63) is 51.7 Å². The molecule has 124 valence electrons. The minimum Gasteiger partial charge on any atom is -0.491 e. The summed E-state index contributed by atoms with van der Waals surface area (Å²) in [6, 6.07) is 11.3. The second-order valence-corrected chi connectivity index (χ2v) is 6.89. The molecular formula is C18H23NO3S. The highest BCUT2D eigenvalue weighted by Crippen LogP contribution is 2.24. The van der Waals surface area contributed by atoms with Gasteiger partial charge < -0.3 is 14.8 Å². The van der Waals surface area contributed by atoms with Crippen LogP contribution in [0.25, 0.3) is 0 Å². The lowest BCUT2D eigenvalue weighted by atomic mass is 10.2. The summed E-state index contributed by atoms with van der Waals surface area (Å²) in [5, 5.41) is 2.92. The highest BCUT2D eigenvalue weighted by atomic mass is 32.1. The molecule has 0 saturated heterocycles. The van der Waals surface area contributed by atoms with Gasteiger partial charge in [0.25, 0.3) is 5.91 Å². The third kappa shape index (κ3) is 5.08. The first-order valence-corrected chi connectivity index (χ1v) is 8.45. The average Bonchev–Trinajstić information content (AvgIpc) is 2.94. The second-order valence-electron chi connectivity index (χ2n) is 5.57. The average molecular weight is 333 g/mol. The van der Waals surface area contributed by atoms with Gasteiger partial charge in [-0.25, -0.2) is 0 Å². The Balaban J connectivity index is 1.93. The molecule has 1 amide bonds. The van der Waals surface area contributed by atoms with Crippen LogP contribution in [0.3, 0.4) is 0 Å². The summed E-state index contributed by atoms with van der Waals surface area (Å²) in [6.45, 7) is 6.44. The summed E-state index contributed by atoms with van der Waals surface area (Å²) in [6.07, 6.45) is -0.00686. The molecule has 0 saturated carbocycles. The molecule has 5 heteroatoms. The molecule has 0 aliphatic heterocycles. The van der Waals surface area contributed by atoms with Gasteiger partial charge in [-0.2, -0.15) is 0 Å². The quantitative estimate of drug-likeness (QED) is 0.834. The highest BCUT2D eigenvalue weighted by Gasteiger charge is 2.14. The molecule has 0 spiro atoms. The standard InChI is InChI=1S/C18H23NO3S/c1-12(2)22-15-8-6-14(7-9-15)18(20)19-11-16(21-4)17-10-5-13(3)23-17/h5-10,12,16H,11H2,1-4H3,(H,19,20). The number of thiophene rings is 1. The summed E-state index contributed by atoms with van der Waals surface area (Å²) in [7, 11) is 1.66. The normalized spacial score (nSPS) is 12.2. The lowest BCUT2D eigenvalue weighted by Crippen LogP contribution is -2.28. The zero-order chi connectivity index (χ0) is 16.8. The van der Waals surface area contributed by atoms with Gasteiger partial charge >= 0.3 is 0 Å². The van der Waals surface area contributed by atoms with E-state index in [0.29, 0.717) is 12.1 Å². The Bertz CT molecular complexity index is 634. The first kappa shape index (κ1) is 17.5. The van der Waals surface area contributed by atoms with Crippen molar-refractivity contribution in [2.45, 2.75) is 33.0 Å². The van der Waals surface area contributed by atoms with Crippen LogP contribution in [0.5, 0.6) is 5.75 Å². The maximum atomic E-state index is 12.2. The third-order valence-corrected chi connectivity index (χ3v) is 4.39. The number of hydrogen-bond donors (Lipinski definition) is 1. The molecule has 1 heterocycles. The van der Waals surface area contributed by atoms with E-state index < -0.39 is 0 Å². The molecule has 0 fully saturated rings. The Hall–Kier alpha value is -1.85. The number of methoxy groups -OCH3 is 1. The van der Waals surface area contributed by atoms with Crippen LogP contribution in [-0.2, 0) is 4.74 Å². The van der Waals surface area contributed by atoms with Gasteiger partial charge in [-0.05, 0) is 57.2 Å². The number of nitrogens with one attached hydrogen (secondary N) is 1. The molecule has 2 aromatic rings. The zero-order valence-electron chi connectivity index (χ0n) is 14.0. The molecule has 1 aromatic heterocycles. The minimum absolute atomic E-state index is 0.114. The third-order valence-electron chi connectivity index (χ3n) is 3.30. The van der Waals surface area contributed by atoms with E-state index in [4.69, 9.17) is 9.47 Å². The van der Waals surface area contributed by atoms with Crippen molar-refractivity contribution in [3.63, 3.8) is 0 Å².